The van der Waals surface area contributed by atoms with Crippen LogP contribution >= 0.6 is 11.3 Å². The molecule has 1 heterocycles. The van der Waals surface area contributed by atoms with Crippen LogP contribution in [-0.2, 0) is 16.0 Å². The molecule has 1 aromatic heterocycles. The molecule has 2 aromatic rings. The SMILES string of the molecule is CC(C)(C)OC(=O)Nc1cccc(OCCNC(=O)CCc2cccs2)c1. The quantitative estimate of drug-likeness (QED) is 0.662. The van der Waals surface area contributed by atoms with Gasteiger partial charge in [-0.1, -0.05) is 12.1 Å². The molecule has 0 radical (unpaired) electrons. The van der Waals surface area contributed by atoms with Gasteiger partial charge in [0.2, 0.25) is 5.91 Å². The molecule has 1 aromatic carbocycles. The lowest BCUT2D eigenvalue weighted by Gasteiger charge is -2.19. The summed E-state index contributed by atoms with van der Waals surface area (Å²) in [6.07, 6.45) is 0.705. The van der Waals surface area contributed by atoms with Gasteiger partial charge in [0.15, 0.2) is 0 Å². The average Bonchev–Trinajstić information content (AvgIpc) is 3.09. The van der Waals surface area contributed by atoms with Gasteiger partial charge in [-0.15, -0.1) is 11.3 Å². The first-order valence-electron chi connectivity index (χ1n) is 8.84. The number of ether oxygens (including phenoxy) is 2. The van der Waals surface area contributed by atoms with Gasteiger partial charge in [0, 0.05) is 23.1 Å². The summed E-state index contributed by atoms with van der Waals surface area (Å²) in [5, 5.41) is 7.51. The first-order chi connectivity index (χ1) is 12.8. The van der Waals surface area contributed by atoms with Gasteiger partial charge in [-0.2, -0.15) is 0 Å². The Labute approximate surface area is 163 Å². The molecule has 7 heteroatoms. The standard InChI is InChI=1S/C20H26N2O4S/c1-20(2,3)26-19(24)22-15-6-4-7-16(14-15)25-12-11-21-18(23)10-9-17-8-5-13-27-17/h4-8,13-14H,9-12H2,1-3H3,(H,21,23)(H,22,24). The minimum Gasteiger partial charge on any atom is -0.492 e. The van der Waals surface area contributed by atoms with Gasteiger partial charge in [-0.25, -0.2) is 4.79 Å². The highest BCUT2D eigenvalue weighted by molar-refractivity contribution is 7.09. The van der Waals surface area contributed by atoms with Crippen LogP contribution in [0.15, 0.2) is 41.8 Å². The molecule has 0 unspecified atom stereocenters. The zero-order chi connectivity index (χ0) is 19.7. The van der Waals surface area contributed by atoms with Crippen LogP contribution in [0.5, 0.6) is 5.75 Å². The maximum Gasteiger partial charge on any atom is 0.412 e. The van der Waals surface area contributed by atoms with E-state index in [1.807, 2.05) is 17.5 Å². The van der Waals surface area contributed by atoms with E-state index >= 15 is 0 Å². The number of hydrogen-bond acceptors (Lipinski definition) is 5. The minimum absolute atomic E-state index is 0.00680. The molecule has 27 heavy (non-hydrogen) atoms. The Balaban J connectivity index is 1.68. The fourth-order valence-electron chi connectivity index (χ4n) is 2.22. The molecule has 0 saturated carbocycles. The van der Waals surface area contributed by atoms with Crippen molar-refractivity contribution in [1.82, 2.24) is 5.32 Å². The summed E-state index contributed by atoms with van der Waals surface area (Å²) in [6, 6.07) is 11.0. The van der Waals surface area contributed by atoms with E-state index in [2.05, 4.69) is 10.6 Å². The van der Waals surface area contributed by atoms with Crippen molar-refractivity contribution in [3.63, 3.8) is 0 Å². The number of amides is 2. The summed E-state index contributed by atoms with van der Waals surface area (Å²) in [5.74, 6) is 0.615. The molecule has 146 valence electrons. The average molecular weight is 391 g/mol. The Morgan fingerprint density at radius 2 is 1.96 bits per heavy atom. The smallest absolute Gasteiger partial charge is 0.412 e. The zero-order valence-electron chi connectivity index (χ0n) is 15.9. The highest BCUT2D eigenvalue weighted by Crippen LogP contribution is 2.18. The van der Waals surface area contributed by atoms with Gasteiger partial charge in [0.25, 0.3) is 0 Å². The fraction of sp³-hybridized carbons (Fsp3) is 0.400. The minimum atomic E-state index is -0.556. The van der Waals surface area contributed by atoms with Crippen molar-refractivity contribution in [2.45, 2.75) is 39.2 Å². The van der Waals surface area contributed by atoms with Crippen LogP contribution in [0.1, 0.15) is 32.1 Å². The van der Waals surface area contributed by atoms with Crippen molar-refractivity contribution < 1.29 is 19.1 Å². The van der Waals surface area contributed by atoms with Crippen LogP contribution in [-0.4, -0.2) is 30.8 Å². The van der Waals surface area contributed by atoms with Crippen LogP contribution in [0.2, 0.25) is 0 Å². The third-order valence-electron chi connectivity index (χ3n) is 3.35. The molecule has 2 rings (SSSR count). The van der Waals surface area contributed by atoms with Crippen molar-refractivity contribution in [1.29, 1.82) is 0 Å². The highest BCUT2D eigenvalue weighted by atomic mass is 32.1. The second-order valence-electron chi connectivity index (χ2n) is 6.93. The molecule has 2 amide bonds. The Morgan fingerprint density at radius 1 is 1.15 bits per heavy atom. The Kier molecular flexibility index (Phi) is 7.67. The Hall–Kier alpha value is -2.54. The number of aryl methyl sites for hydroxylation is 1. The molecule has 0 spiro atoms. The number of carbonyl (C=O) groups is 2. The van der Waals surface area contributed by atoms with E-state index in [0.29, 0.717) is 31.0 Å². The van der Waals surface area contributed by atoms with E-state index in [-0.39, 0.29) is 5.91 Å². The first-order valence-corrected chi connectivity index (χ1v) is 9.72. The lowest BCUT2D eigenvalue weighted by molar-refractivity contribution is -0.121. The van der Waals surface area contributed by atoms with Gasteiger partial charge in [-0.05, 0) is 50.8 Å². The molecule has 0 fully saturated rings. The van der Waals surface area contributed by atoms with Crippen molar-refractivity contribution in [2.24, 2.45) is 0 Å². The zero-order valence-corrected chi connectivity index (χ0v) is 16.7. The summed E-state index contributed by atoms with van der Waals surface area (Å²) in [6.45, 7) is 6.19. The lowest BCUT2D eigenvalue weighted by Crippen LogP contribution is -2.28. The molecule has 2 N–H and O–H groups in total. The number of benzene rings is 1. The molecule has 0 saturated heterocycles. The number of hydrogen-bond donors (Lipinski definition) is 2. The van der Waals surface area contributed by atoms with Gasteiger partial charge in [0.1, 0.15) is 18.0 Å². The monoisotopic (exact) mass is 390 g/mol. The Morgan fingerprint density at radius 3 is 2.67 bits per heavy atom. The van der Waals surface area contributed by atoms with E-state index in [0.717, 1.165) is 6.42 Å². The van der Waals surface area contributed by atoms with Crippen LogP contribution < -0.4 is 15.4 Å². The summed E-state index contributed by atoms with van der Waals surface area (Å²) < 4.78 is 10.8. The Bertz CT molecular complexity index is 739. The maximum absolute atomic E-state index is 11.8. The van der Waals surface area contributed by atoms with Crippen molar-refractivity contribution in [3.8, 4) is 5.75 Å². The topological polar surface area (TPSA) is 76.7 Å². The van der Waals surface area contributed by atoms with Crippen LogP contribution in [0.25, 0.3) is 0 Å². The van der Waals surface area contributed by atoms with Crippen LogP contribution in [0.3, 0.4) is 0 Å². The van der Waals surface area contributed by atoms with Gasteiger partial charge >= 0.3 is 6.09 Å². The number of rotatable bonds is 8. The molecule has 6 nitrogen and oxygen atoms in total. The molecule has 0 bridgehead atoms. The van der Waals surface area contributed by atoms with Crippen molar-refractivity contribution in [2.75, 3.05) is 18.5 Å². The van der Waals surface area contributed by atoms with Crippen molar-refractivity contribution >= 4 is 29.0 Å². The molecular weight excluding hydrogens is 364 g/mol. The number of carbonyl (C=O) groups excluding carboxylic acids is 2. The van der Waals surface area contributed by atoms with E-state index in [1.54, 1.807) is 56.4 Å². The predicted octanol–water partition coefficient (Wildman–Crippen LogP) is 4.22. The van der Waals surface area contributed by atoms with Gasteiger partial charge in [-0.3, -0.25) is 10.1 Å². The number of nitrogens with one attached hydrogen (secondary N) is 2. The summed E-state index contributed by atoms with van der Waals surface area (Å²) in [7, 11) is 0. The fourth-order valence-corrected chi connectivity index (χ4v) is 2.93. The summed E-state index contributed by atoms with van der Waals surface area (Å²) in [5.41, 5.74) is 0.0293. The molecule has 0 aliphatic rings. The third kappa shape index (κ3) is 8.59. The second-order valence-corrected chi connectivity index (χ2v) is 7.96. The van der Waals surface area contributed by atoms with Gasteiger partial charge in [0.05, 0.1) is 6.54 Å². The molecule has 0 atom stereocenters. The molecular formula is C20H26N2O4S. The number of thiophene rings is 1. The summed E-state index contributed by atoms with van der Waals surface area (Å²) >= 11 is 1.66. The van der Waals surface area contributed by atoms with Crippen LogP contribution in [0.4, 0.5) is 10.5 Å². The van der Waals surface area contributed by atoms with E-state index in [1.165, 1.54) is 4.88 Å². The number of anilines is 1. The molecule has 0 aliphatic carbocycles. The lowest BCUT2D eigenvalue weighted by atomic mass is 10.2. The maximum atomic E-state index is 11.8. The first kappa shape index (κ1) is 20.8. The highest BCUT2D eigenvalue weighted by Gasteiger charge is 2.16. The van der Waals surface area contributed by atoms with E-state index in [4.69, 9.17) is 9.47 Å². The van der Waals surface area contributed by atoms with E-state index in [9.17, 15) is 9.59 Å². The normalized spacial score (nSPS) is 10.9. The predicted molar refractivity (Wildman–Crippen MR) is 107 cm³/mol. The third-order valence-corrected chi connectivity index (χ3v) is 4.29. The second kappa shape index (κ2) is 9.97. The summed E-state index contributed by atoms with van der Waals surface area (Å²) in [4.78, 5) is 24.8. The largest absolute Gasteiger partial charge is 0.492 e. The molecule has 0 aliphatic heterocycles. The van der Waals surface area contributed by atoms with Gasteiger partial charge < -0.3 is 14.8 Å². The van der Waals surface area contributed by atoms with Crippen LogP contribution in [0, 0.1) is 0 Å². The van der Waals surface area contributed by atoms with Crippen molar-refractivity contribution in [3.05, 3.63) is 46.7 Å². The van der Waals surface area contributed by atoms with E-state index < -0.39 is 11.7 Å².